The molecule has 0 aromatic heterocycles. The van der Waals surface area contributed by atoms with E-state index < -0.39 is 6.10 Å². The van der Waals surface area contributed by atoms with Crippen LogP contribution in [0.1, 0.15) is 290 Å². The molecule has 0 rings (SSSR count). The zero-order valence-electron chi connectivity index (χ0n) is 46.7. The molecule has 0 aliphatic carbocycles. The van der Waals surface area contributed by atoms with Gasteiger partial charge >= 0.3 is 17.9 Å². The first-order valence-corrected chi connectivity index (χ1v) is 30.2. The van der Waals surface area contributed by atoms with Crippen molar-refractivity contribution in [2.24, 2.45) is 0 Å². The number of carbonyl (C=O) groups is 3. The van der Waals surface area contributed by atoms with Crippen LogP contribution >= 0.6 is 0 Å². The van der Waals surface area contributed by atoms with Crippen LogP contribution in [0, 0.1) is 0 Å². The first kappa shape index (κ1) is 67.6. The Morgan fingerprint density at radius 2 is 0.563 bits per heavy atom. The average molecular weight is 990 g/mol. The SMILES string of the molecule is CC\C=C/C=C\C=C/C=C\CCCCCCCC(=O)OCC(COC(=O)CCCCCCCCCCCC/C=C\C=C/CCCCC)OC(=O)CCCCCCCCC/C=C\CCCCCCCCCC. The Kier molecular flexibility index (Phi) is 56.3. The highest BCUT2D eigenvalue weighted by Crippen LogP contribution is 2.16. The summed E-state index contributed by atoms with van der Waals surface area (Å²) in [5.41, 5.74) is 0. The van der Waals surface area contributed by atoms with Gasteiger partial charge in [0.2, 0.25) is 0 Å². The van der Waals surface area contributed by atoms with Gasteiger partial charge in [0.25, 0.3) is 0 Å². The first-order chi connectivity index (χ1) is 35.0. The number of rotatable bonds is 54. The summed E-state index contributed by atoms with van der Waals surface area (Å²) in [6.07, 6.45) is 77.1. The van der Waals surface area contributed by atoms with Crippen molar-refractivity contribution >= 4 is 17.9 Å². The molecule has 0 N–H and O–H groups in total. The molecule has 0 aromatic carbocycles. The van der Waals surface area contributed by atoms with E-state index >= 15 is 0 Å². The maximum Gasteiger partial charge on any atom is 0.306 e. The second-order valence-corrected chi connectivity index (χ2v) is 20.0. The van der Waals surface area contributed by atoms with Gasteiger partial charge < -0.3 is 14.2 Å². The number of hydrogen-bond donors (Lipinski definition) is 0. The van der Waals surface area contributed by atoms with E-state index in [9.17, 15) is 14.4 Å². The van der Waals surface area contributed by atoms with Gasteiger partial charge in [-0.05, 0) is 89.9 Å². The van der Waals surface area contributed by atoms with Gasteiger partial charge in [-0.25, -0.2) is 0 Å². The van der Waals surface area contributed by atoms with Crippen molar-refractivity contribution in [3.05, 3.63) is 85.1 Å². The summed E-state index contributed by atoms with van der Waals surface area (Å²) in [4.78, 5) is 38.2. The minimum Gasteiger partial charge on any atom is -0.462 e. The fourth-order valence-electron chi connectivity index (χ4n) is 8.44. The van der Waals surface area contributed by atoms with Crippen LogP contribution < -0.4 is 0 Å². The quantitative estimate of drug-likeness (QED) is 0.0199. The molecule has 1 atom stereocenters. The number of hydrogen-bond acceptors (Lipinski definition) is 6. The molecule has 0 spiro atoms. The van der Waals surface area contributed by atoms with Crippen LogP contribution in [-0.4, -0.2) is 37.2 Å². The largest absolute Gasteiger partial charge is 0.462 e. The molecule has 0 heterocycles. The van der Waals surface area contributed by atoms with Gasteiger partial charge in [-0.1, -0.05) is 266 Å². The zero-order chi connectivity index (χ0) is 51.4. The van der Waals surface area contributed by atoms with Crippen LogP contribution in [0.4, 0.5) is 0 Å². The van der Waals surface area contributed by atoms with E-state index in [2.05, 4.69) is 87.6 Å². The second kappa shape index (κ2) is 59.2. The Hall–Kier alpha value is -3.41. The predicted molar refractivity (Wildman–Crippen MR) is 307 cm³/mol. The van der Waals surface area contributed by atoms with E-state index in [-0.39, 0.29) is 31.1 Å². The van der Waals surface area contributed by atoms with Gasteiger partial charge in [-0.3, -0.25) is 14.4 Å². The maximum absolute atomic E-state index is 12.9. The summed E-state index contributed by atoms with van der Waals surface area (Å²) in [6.45, 7) is 6.47. The summed E-state index contributed by atoms with van der Waals surface area (Å²) >= 11 is 0. The molecule has 408 valence electrons. The molecular weight excluding hydrogens is 877 g/mol. The minimum atomic E-state index is -0.791. The molecule has 0 aliphatic rings. The number of unbranched alkanes of at least 4 members (excludes halogenated alkanes) is 33. The van der Waals surface area contributed by atoms with E-state index in [1.807, 2.05) is 18.2 Å². The van der Waals surface area contributed by atoms with Crippen LogP contribution in [0.3, 0.4) is 0 Å². The monoisotopic (exact) mass is 989 g/mol. The van der Waals surface area contributed by atoms with Gasteiger partial charge in [-0.15, -0.1) is 0 Å². The third kappa shape index (κ3) is 57.4. The van der Waals surface area contributed by atoms with E-state index in [1.165, 1.54) is 167 Å². The van der Waals surface area contributed by atoms with Crippen LogP contribution in [0.5, 0.6) is 0 Å². The highest BCUT2D eigenvalue weighted by atomic mass is 16.6. The molecule has 0 aliphatic heterocycles. The van der Waals surface area contributed by atoms with E-state index in [1.54, 1.807) is 0 Å². The highest BCUT2D eigenvalue weighted by Gasteiger charge is 2.19. The number of ether oxygens (including phenoxy) is 3. The summed E-state index contributed by atoms with van der Waals surface area (Å²) in [6, 6.07) is 0. The van der Waals surface area contributed by atoms with Gasteiger partial charge in [0, 0.05) is 19.3 Å². The van der Waals surface area contributed by atoms with E-state index in [4.69, 9.17) is 14.2 Å². The van der Waals surface area contributed by atoms with Gasteiger partial charge in [-0.2, -0.15) is 0 Å². The lowest BCUT2D eigenvalue weighted by molar-refractivity contribution is -0.167. The molecule has 0 radical (unpaired) electrons. The minimum absolute atomic E-state index is 0.0874. The molecule has 0 saturated carbocycles. The van der Waals surface area contributed by atoms with Crippen LogP contribution in [0.25, 0.3) is 0 Å². The molecule has 6 heteroatoms. The van der Waals surface area contributed by atoms with E-state index in [0.29, 0.717) is 19.3 Å². The Labute approximate surface area is 439 Å². The Morgan fingerprint density at radius 1 is 0.296 bits per heavy atom. The number of carbonyl (C=O) groups excluding carboxylic acids is 3. The molecule has 71 heavy (non-hydrogen) atoms. The van der Waals surface area contributed by atoms with Crippen molar-refractivity contribution < 1.29 is 28.6 Å². The lowest BCUT2D eigenvalue weighted by Gasteiger charge is -2.18. The Morgan fingerprint density at radius 3 is 0.944 bits per heavy atom. The fourth-order valence-corrected chi connectivity index (χ4v) is 8.44. The Balaban J connectivity index is 4.40. The fraction of sp³-hybridized carbons (Fsp3) is 0.738. The standard InChI is InChI=1S/C65H112O6/c1-4-7-10-13-16-19-22-25-28-30-32-34-37-40-43-46-49-52-55-58-64(67)70-61-62(60-69-63(66)57-54-51-48-45-42-39-36-27-24-21-18-15-12-9-6-3)71-65(68)59-56-53-50-47-44-41-38-35-33-31-29-26-23-20-17-14-11-8-5-2/h9,12,15-16,18-19,21-22,24-25,27,31,33,36,62H,4-8,10-11,13-14,17,20,23,26,28-30,32,34-35,37-61H2,1-3H3/b12-9-,18-15-,19-16-,24-21-,25-22-,33-31-,36-27-. The van der Waals surface area contributed by atoms with Crippen molar-refractivity contribution in [1.29, 1.82) is 0 Å². The third-order valence-corrected chi connectivity index (χ3v) is 13.0. The predicted octanol–water partition coefficient (Wildman–Crippen LogP) is 20.3. The summed E-state index contributed by atoms with van der Waals surface area (Å²) in [7, 11) is 0. The topological polar surface area (TPSA) is 78.9 Å². The third-order valence-electron chi connectivity index (χ3n) is 13.0. The van der Waals surface area contributed by atoms with Crippen LogP contribution in [0.15, 0.2) is 85.1 Å². The van der Waals surface area contributed by atoms with Crippen molar-refractivity contribution in [2.45, 2.75) is 297 Å². The van der Waals surface area contributed by atoms with E-state index in [0.717, 1.165) is 83.5 Å². The molecule has 0 amide bonds. The molecule has 0 saturated heterocycles. The van der Waals surface area contributed by atoms with Crippen LogP contribution in [-0.2, 0) is 28.6 Å². The number of allylic oxidation sites excluding steroid dienone is 14. The zero-order valence-corrected chi connectivity index (χ0v) is 46.7. The summed E-state index contributed by atoms with van der Waals surface area (Å²) in [5.74, 6) is -0.910. The first-order valence-electron chi connectivity index (χ1n) is 30.2. The average Bonchev–Trinajstić information content (AvgIpc) is 3.37. The van der Waals surface area contributed by atoms with Crippen molar-refractivity contribution in [3.63, 3.8) is 0 Å². The lowest BCUT2D eigenvalue weighted by atomic mass is 10.1. The van der Waals surface area contributed by atoms with Crippen molar-refractivity contribution in [2.75, 3.05) is 13.2 Å². The highest BCUT2D eigenvalue weighted by molar-refractivity contribution is 5.71. The molecule has 0 bridgehead atoms. The maximum atomic E-state index is 12.9. The van der Waals surface area contributed by atoms with Crippen molar-refractivity contribution in [1.82, 2.24) is 0 Å². The number of esters is 3. The molecule has 6 nitrogen and oxygen atoms in total. The van der Waals surface area contributed by atoms with Crippen LogP contribution in [0.2, 0.25) is 0 Å². The van der Waals surface area contributed by atoms with Gasteiger partial charge in [0.05, 0.1) is 0 Å². The summed E-state index contributed by atoms with van der Waals surface area (Å²) < 4.78 is 16.9. The Bertz CT molecular complexity index is 1370. The smallest absolute Gasteiger partial charge is 0.306 e. The lowest BCUT2D eigenvalue weighted by Crippen LogP contribution is -2.30. The molecule has 0 fully saturated rings. The molecular formula is C65H112O6. The normalized spacial score (nSPS) is 12.7. The van der Waals surface area contributed by atoms with Gasteiger partial charge in [0.15, 0.2) is 6.10 Å². The molecule has 0 aromatic rings. The van der Waals surface area contributed by atoms with Gasteiger partial charge in [0.1, 0.15) is 13.2 Å². The molecule has 1 unspecified atom stereocenters. The summed E-state index contributed by atoms with van der Waals surface area (Å²) in [5, 5.41) is 0. The van der Waals surface area contributed by atoms with Crippen molar-refractivity contribution in [3.8, 4) is 0 Å². The second-order valence-electron chi connectivity index (χ2n) is 20.0.